The second-order valence-corrected chi connectivity index (χ2v) is 4.95. The van der Waals surface area contributed by atoms with Crippen LogP contribution in [-0.2, 0) is 6.42 Å². The van der Waals surface area contributed by atoms with E-state index in [0.29, 0.717) is 0 Å². The van der Waals surface area contributed by atoms with Gasteiger partial charge in [-0.25, -0.2) is 0 Å². The van der Waals surface area contributed by atoms with Crippen molar-refractivity contribution >= 4 is 5.69 Å². The molecule has 1 aromatic rings. The number of fused-ring (bicyclic) bond motifs is 1. The smallest absolute Gasteiger partial charge is 0.0399 e. The molecular weight excluding hydrogens is 196 g/mol. The number of nitrogens with one attached hydrogen (secondary N) is 1. The van der Waals surface area contributed by atoms with Crippen LogP contribution in [0.3, 0.4) is 0 Å². The van der Waals surface area contributed by atoms with E-state index in [1.165, 1.54) is 43.5 Å². The summed E-state index contributed by atoms with van der Waals surface area (Å²) in [5.41, 5.74) is 2.98. The SMILES string of the molecule is c1ccc2c(c1)CCN2CCNC1CCC1. The Balaban J connectivity index is 1.52. The summed E-state index contributed by atoms with van der Waals surface area (Å²) >= 11 is 0. The minimum atomic E-state index is 0.817. The fourth-order valence-electron chi connectivity index (χ4n) is 2.65. The summed E-state index contributed by atoms with van der Waals surface area (Å²) in [4.78, 5) is 2.51. The van der Waals surface area contributed by atoms with Crippen LogP contribution in [0, 0.1) is 0 Å². The van der Waals surface area contributed by atoms with Crippen molar-refractivity contribution in [1.29, 1.82) is 0 Å². The first kappa shape index (κ1) is 10.2. The lowest BCUT2D eigenvalue weighted by Crippen LogP contribution is -2.40. The van der Waals surface area contributed by atoms with Crippen LogP contribution in [0.15, 0.2) is 24.3 Å². The summed E-state index contributed by atoms with van der Waals surface area (Å²) in [6.45, 7) is 3.50. The number of para-hydroxylation sites is 1. The zero-order valence-corrected chi connectivity index (χ0v) is 9.78. The van der Waals surface area contributed by atoms with Gasteiger partial charge in [-0.05, 0) is 30.9 Å². The molecule has 0 aromatic heterocycles. The summed E-state index contributed by atoms with van der Waals surface area (Å²) in [5, 5.41) is 3.64. The van der Waals surface area contributed by atoms with Crippen molar-refractivity contribution < 1.29 is 0 Å². The molecule has 2 heteroatoms. The third kappa shape index (κ3) is 1.94. The van der Waals surface area contributed by atoms with Gasteiger partial charge in [-0.15, -0.1) is 0 Å². The van der Waals surface area contributed by atoms with E-state index in [1.807, 2.05) is 0 Å². The molecular formula is C14H20N2. The quantitative estimate of drug-likeness (QED) is 0.830. The van der Waals surface area contributed by atoms with E-state index in [4.69, 9.17) is 0 Å². The summed E-state index contributed by atoms with van der Waals surface area (Å²) in [7, 11) is 0. The molecule has 86 valence electrons. The molecule has 0 saturated heterocycles. The lowest BCUT2D eigenvalue weighted by Gasteiger charge is -2.28. The topological polar surface area (TPSA) is 15.3 Å². The Morgan fingerprint density at radius 1 is 1.25 bits per heavy atom. The molecule has 2 nitrogen and oxygen atoms in total. The molecule has 0 bridgehead atoms. The van der Waals surface area contributed by atoms with Gasteiger partial charge in [0.2, 0.25) is 0 Å². The van der Waals surface area contributed by atoms with E-state index in [0.717, 1.165) is 19.1 Å². The highest BCUT2D eigenvalue weighted by Crippen LogP contribution is 2.26. The van der Waals surface area contributed by atoms with Gasteiger partial charge in [0, 0.05) is 31.4 Å². The van der Waals surface area contributed by atoms with Crippen molar-refractivity contribution in [2.45, 2.75) is 31.7 Å². The van der Waals surface area contributed by atoms with Gasteiger partial charge in [-0.3, -0.25) is 0 Å². The molecule has 1 saturated carbocycles. The molecule has 0 radical (unpaired) electrons. The first-order valence-corrected chi connectivity index (χ1v) is 6.50. The van der Waals surface area contributed by atoms with Crippen LogP contribution in [0.25, 0.3) is 0 Å². The fraction of sp³-hybridized carbons (Fsp3) is 0.571. The first-order chi connectivity index (χ1) is 7.93. The minimum Gasteiger partial charge on any atom is -0.370 e. The maximum Gasteiger partial charge on any atom is 0.0399 e. The van der Waals surface area contributed by atoms with Crippen LogP contribution in [0.2, 0.25) is 0 Å². The molecule has 1 fully saturated rings. The largest absolute Gasteiger partial charge is 0.370 e. The Bertz CT molecular complexity index is 358. The Morgan fingerprint density at radius 3 is 2.94 bits per heavy atom. The highest BCUT2D eigenvalue weighted by atomic mass is 15.2. The fourth-order valence-corrected chi connectivity index (χ4v) is 2.65. The summed E-state index contributed by atoms with van der Waals surface area (Å²) in [6.07, 6.45) is 5.41. The van der Waals surface area contributed by atoms with Crippen molar-refractivity contribution in [1.82, 2.24) is 5.32 Å². The minimum absolute atomic E-state index is 0.817. The van der Waals surface area contributed by atoms with E-state index in [-0.39, 0.29) is 0 Å². The molecule has 1 aliphatic carbocycles. The second-order valence-electron chi connectivity index (χ2n) is 4.95. The average molecular weight is 216 g/mol. The Morgan fingerprint density at radius 2 is 2.12 bits per heavy atom. The molecule has 1 heterocycles. The predicted octanol–water partition coefficient (Wildman–Crippen LogP) is 2.19. The molecule has 16 heavy (non-hydrogen) atoms. The van der Waals surface area contributed by atoms with Gasteiger partial charge in [-0.1, -0.05) is 24.6 Å². The number of benzene rings is 1. The number of rotatable bonds is 4. The third-order valence-electron chi connectivity index (χ3n) is 3.90. The van der Waals surface area contributed by atoms with Gasteiger partial charge >= 0.3 is 0 Å². The van der Waals surface area contributed by atoms with Crippen LogP contribution < -0.4 is 10.2 Å². The first-order valence-electron chi connectivity index (χ1n) is 6.50. The monoisotopic (exact) mass is 216 g/mol. The zero-order chi connectivity index (χ0) is 10.8. The van der Waals surface area contributed by atoms with Crippen molar-refractivity contribution in [2.75, 3.05) is 24.5 Å². The van der Waals surface area contributed by atoms with E-state index >= 15 is 0 Å². The molecule has 0 amide bonds. The second kappa shape index (κ2) is 4.46. The lowest BCUT2D eigenvalue weighted by molar-refractivity contribution is 0.342. The zero-order valence-electron chi connectivity index (χ0n) is 9.78. The van der Waals surface area contributed by atoms with E-state index in [2.05, 4.69) is 34.5 Å². The molecule has 0 spiro atoms. The van der Waals surface area contributed by atoms with E-state index in [1.54, 1.807) is 0 Å². The van der Waals surface area contributed by atoms with Crippen LogP contribution in [0.4, 0.5) is 5.69 Å². The maximum absolute atomic E-state index is 3.64. The molecule has 3 rings (SSSR count). The Labute approximate surface area is 97.6 Å². The Hall–Kier alpha value is -1.02. The highest BCUT2D eigenvalue weighted by Gasteiger charge is 2.19. The molecule has 0 unspecified atom stereocenters. The van der Waals surface area contributed by atoms with Crippen LogP contribution in [0.1, 0.15) is 24.8 Å². The summed E-state index contributed by atoms with van der Waals surface area (Å²) in [5.74, 6) is 0. The standard InChI is InChI=1S/C14H20N2/c1-2-7-14-12(4-1)8-10-16(14)11-9-15-13-5-3-6-13/h1-2,4,7,13,15H,3,5-6,8-11H2. The van der Waals surface area contributed by atoms with Crippen LogP contribution in [-0.4, -0.2) is 25.7 Å². The summed E-state index contributed by atoms with van der Waals surface area (Å²) in [6, 6.07) is 9.63. The maximum atomic E-state index is 3.64. The van der Waals surface area contributed by atoms with Crippen molar-refractivity contribution in [2.24, 2.45) is 0 Å². The molecule has 1 aliphatic heterocycles. The average Bonchev–Trinajstić information content (AvgIpc) is 2.65. The van der Waals surface area contributed by atoms with Crippen LogP contribution >= 0.6 is 0 Å². The van der Waals surface area contributed by atoms with E-state index < -0.39 is 0 Å². The van der Waals surface area contributed by atoms with Gasteiger partial charge < -0.3 is 10.2 Å². The molecule has 1 N–H and O–H groups in total. The van der Waals surface area contributed by atoms with Gasteiger partial charge in [-0.2, -0.15) is 0 Å². The lowest BCUT2D eigenvalue weighted by atomic mass is 9.93. The van der Waals surface area contributed by atoms with E-state index in [9.17, 15) is 0 Å². The molecule has 0 atom stereocenters. The van der Waals surface area contributed by atoms with Gasteiger partial charge in [0.1, 0.15) is 0 Å². The van der Waals surface area contributed by atoms with Crippen molar-refractivity contribution in [3.8, 4) is 0 Å². The van der Waals surface area contributed by atoms with Gasteiger partial charge in [0.15, 0.2) is 0 Å². The highest BCUT2D eigenvalue weighted by molar-refractivity contribution is 5.57. The number of nitrogens with zero attached hydrogens (tertiary/aromatic N) is 1. The molecule has 1 aromatic carbocycles. The third-order valence-corrected chi connectivity index (χ3v) is 3.90. The van der Waals surface area contributed by atoms with Gasteiger partial charge in [0.25, 0.3) is 0 Å². The Kier molecular flexibility index (Phi) is 2.83. The van der Waals surface area contributed by atoms with Crippen molar-refractivity contribution in [3.05, 3.63) is 29.8 Å². The number of hydrogen-bond acceptors (Lipinski definition) is 2. The normalized spacial score (nSPS) is 19.6. The number of anilines is 1. The van der Waals surface area contributed by atoms with Crippen molar-refractivity contribution in [3.63, 3.8) is 0 Å². The summed E-state index contributed by atoms with van der Waals surface area (Å²) < 4.78 is 0. The molecule has 2 aliphatic rings. The number of hydrogen-bond donors (Lipinski definition) is 1. The van der Waals surface area contributed by atoms with Crippen LogP contribution in [0.5, 0.6) is 0 Å². The van der Waals surface area contributed by atoms with Gasteiger partial charge in [0.05, 0.1) is 0 Å². The predicted molar refractivity (Wildman–Crippen MR) is 68.0 cm³/mol.